The molecule has 8 heteroatoms. The van der Waals surface area contributed by atoms with Crippen LogP contribution in [0.4, 0.5) is 4.79 Å². The number of rotatable bonds is 8. The van der Waals surface area contributed by atoms with E-state index in [1.165, 1.54) is 0 Å². The smallest absolute Gasteiger partial charge is 0.410 e. The molecular weight excluding hydrogens is 390 g/mol. The van der Waals surface area contributed by atoms with Crippen molar-refractivity contribution in [2.45, 2.75) is 51.0 Å². The molecule has 1 aromatic rings. The van der Waals surface area contributed by atoms with E-state index < -0.39 is 10.1 Å². The average Bonchev–Trinajstić information content (AvgIpc) is 2.62. The minimum absolute atomic E-state index is 0.189. The predicted molar refractivity (Wildman–Crippen MR) is 106 cm³/mol. The standard InChI is InChI=1S/C19H28ClNO5S/c1-21(19(22)26-18-12-8-16(20)9-13-18)17-10-6-15(7-11-17)5-3-4-14-25-27(2,23)24/h8-9,12-13,15,17H,3-7,10-11,14H2,1-2H3. The minimum Gasteiger partial charge on any atom is -0.410 e. The highest BCUT2D eigenvalue weighted by molar-refractivity contribution is 7.85. The van der Waals surface area contributed by atoms with Gasteiger partial charge < -0.3 is 9.64 Å². The van der Waals surface area contributed by atoms with Crippen LogP contribution in [-0.2, 0) is 14.3 Å². The molecule has 0 saturated heterocycles. The summed E-state index contributed by atoms with van der Waals surface area (Å²) < 4.78 is 32.0. The van der Waals surface area contributed by atoms with E-state index in [-0.39, 0.29) is 18.7 Å². The highest BCUT2D eigenvalue weighted by Gasteiger charge is 2.27. The van der Waals surface area contributed by atoms with Gasteiger partial charge in [0.05, 0.1) is 12.9 Å². The Labute approximate surface area is 166 Å². The molecule has 1 aliphatic rings. The maximum Gasteiger partial charge on any atom is 0.415 e. The van der Waals surface area contributed by atoms with Crippen LogP contribution in [0, 0.1) is 5.92 Å². The molecule has 1 saturated carbocycles. The van der Waals surface area contributed by atoms with Crippen molar-refractivity contribution < 1.29 is 22.1 Å². The van der Waals surface area contributed by atoms with E-state index in [9.17, 15) is 13.2 Å². The van der Waals surface area contributed by atoms with Gasteiger partial charge in [0.1, 0.15) is 5.75 Å². The topological polar surface area (TPSA) is 72.9 Å². The Balaban J connectivity index is 1.66. The molecule has 0 spiro atoms. The van der Waals surface area contributed by atoms with Crippen LogP contribution in [0.3, 0.4) is 0 Å². The monoisotopic (exact) mass is 417 g/mol. The molecule has 0 bridgehead atoms. The van der Waals surface area contributed by atoms with Crippen molar-refractivity contribution in [3.63, 3.8) is 0 Å². The highest BCUT2D eigenvalue weighted by Crippen LogP contribution is 2.31. The van der Waals surface area contributed by atoms with Gasteiger partial charge in [-0.25, -0.2) is 4.79 Å². The number of carbonyl (C=O) groups excluding carboxylic acids is 1. The fraction of sp³-hybridized carbons (Fsp3) is 0.632. The normalized spacial score (nSPS) is 20.3. The number of nitrogens with zero attached hydrogens (tertiary/aromatic N) is 1. The largest absolute Gasteiger partial charge is 0.415 e. The minimum atomic E-state index is -3.34. The maximum absolute atomic E-state index is 12.3. The number of halogens is 1. The summed E-state index contributed by atoms with van der Waals surface area (Å²) in [4.78, 5) is 14.0. The summed E-state index contributed by atoms with van der Waals surface area (Å²) in [7, 11) is -1.55. The fourth-order valence-corrected chi connectivity index (χ4v) is 3.94. The van der Waals surface area contributed by atoms with Crippen LogP contribution in [0.2, 0.25) is 5.02 Å². The van der Waals surface area contributed by atoms with Crippen molar-refractivity contribution >= 4 is 27.8 Å². The van der Waals surface area contributed by atoms with E-state index in [1.807, 2.05) is 0 Å². The molecule has 0 radical (unpaired) electrons. The second-order valence-corrected chi connectivity index (χ2v) is 9.21. The predicted octanol–water partition coefficient (Wildman–Crippen LogP) is 4.48. The van der Waals surface area contributed by atoms with Crippen LogP contribution >= 0.6 is 11.6 Å². The van der Waals surface area contributed by atoms with Gasteiger partial charge in [-0.1, -0.05) is 24.4 Å². The van der Waals surface area contributed by atoms with E-state index in [0.717, 1.165) is 51.2 Å². The Bertz CT molecular complexity index is 699. The summed E-state index contributed by atoms with van der Waals surface area (Å²) in [6.07, 6.45) is 7.54. The lowest BCUT2D eigenvalue weighted by Crippen LogP contribution is -2.41. The molecule has 152 valence electrons. The quantitative estimate of drug-likeness (QED) is 0.460. The molecule has 1 aliphatic carbocycles. The van der Waals surface area contributed by atoms with Crippen molar-refractivity contribution in [3.05, 3.63) is 29.3 Å². The van der Waals surface area contributed by atoms with E-state index in [4.69, 9.17) is 20.5 Å². The van der Waals surface area contributed by atoms with Crippen LogP contribution in [0.5, 0.6) is 5.75 Å². The molecule has 0 aliphatic heterocycles. The summed E-state index contributed by atoms with van der Waals surface area (Å²) in [6, 6.07) is 6.93. The highest BCUT2D eigenvalue weighted by atomic mass is 35.5. The van der Waals surface area contributed by atoms with Gasteiger partial charge >= 0.3 is 6.09 Å². The third-order valence-electron chi connectivity index (χ3n) is 4.97. The van der Waals surface area contributed by atoms with Gasteiger partial charge in [0.2, 0.25) is 0 Å². The molecule has 0 atom stereocenters. The number of hydrogen-bond acceptors (Lipinski definition) is 5. The number of hydrogen-bond donors (Lipinski definition) is 0. The Kier molecular flexibility index (Phi) is 8.38. The van der Waals surface area contributed by atoms with E-state index in [0.29, 0.717) is 16.7 Å². The van der Waals surface area contributed by atoms with Gasteiger partial charge in [-0.15, -0.1) is 0 Å². The first kappa shape index (κ1) is 22.0. The number of unbranched alkanes of at least 4 members (excludes halogenated alkanes) is 1. The van der Waals surface area contributed by atoms with Gasteiger partial charge in [0.25, 0.3) is 10.1 Å². The molecule has 1 aromatic carbocycles. The zero-order valence-electron chi connectivity index (χ0n) is 15.9. The molecule has 1 fully saturated rings. The Morgan fingerprint density at radius 1 is 1.15 bits per heavy atom. The van der Waals surface area contributed by atoms with Crippen LogP contribution in [0.1, 0.15) is 44.9 Å². The molecule has 1 amide bonds. The Morgan fingerprint density at radius 2 is 1.78 bits per heavy atom. The zero-order chi connectivity index (χ0) is 19.9. The third-order valence-corrected chi connectivity index (χ3v) is 5.82. The van der Waals surface area contributed by atoms with Crippen molar-refractivity contribution in [3.8, 4) is 5.75 Å². The lowest BCUT2D eigenvalue weighted by atomic mass is 9.83. The van der Waals surface area contributed by atoms with Crippen molar-refractivity contribution in [2.75, 3.05) is 19.9 Å². The second-order valence-electron chi connectivity index (χ2n) is 7.13. The van der Waals surface area contributed by atoms with Gasteiger partial charge in [-0.3, -0.25) is 4.18 Å². The molecule has 0 unspecified atom stereocenters. The van der Waals surface area contributed by atoms with E-state index in [2.05, 4.69) is 0 Å². The van der Waals surface area contributed by atoms with E-state index >= 15 is 0 Å². The summed E-state index contributed by atoms with van der Waals surface area (Å²) in [6.45, 7) is 0.257. The summed E-state index contributed by atoms with van der Waals surface area (Å²) >= 11 is 5.84. The van der Waals surface area contributed by atoms with E-state index in [1.54, 1.807) is 36.2 Å². The van der Waals surface area contributed by atoms with Crippen LogP contribution in [-0.4, -0.2) is 45.4 Å². The van der Waals surface area contributed by atoms with Crippen LogP contribution in [0.15, 0.2) is 24.3 Å². The van der Waals surface area contributed by atoms with Crippen molar-refractivity contribution in [2.24, 2.45) is 5.92 Å². The second kappa shape index (κ2) is 10.3. The number of benzene rings is 1. The van der Waals surface area contributed by atoms with Crippen LogP contribution in [0.25, 0.3) is 0 Å². The average molecular weight is 418 g/mol. The van der Waals surface area contributed by atoms with Gasteiger partial charge in [-0.05, 0) is 62.3 Å². The van der Waals surface area contributed by atoms with Crippen LogP contribution < -0.4 is 4.74 Å². The first-order valence-corrected chi connectivity index (χ1v) is 11.5. The number of amides is 1. The molecule has 0 aromatic heterocycles. The summed E-state index contributed by atoms with van der Waals surface area (Å²) in [5.41, 5.74) is 0. The molecule has 0 N–H and O–H groups in total. The number of carbonyl (C=O) groups is 1. The Morgan fingerprint density at radius 3 is 2.37 bits per heavy atom. The SMILES string of the molecule is CN(C(=O)Oc1ccc(Cl)cc1)C1CCC(CCCCOS(C)(=O)=O)CC1. The summed E-state index contributed by atoms with van der Waals surface area (Å²) in [5, 5.41) is 0.601. The maximum atomic E-state index is 12.3. The molecule has 2 rings (SSSR count). The number of ether oxygens (including phenoxy) is 1. The molecule has 6 nitrogen and oxygen atoms in total. The lowest BCUT2D eigenvalue weighted by molar-refractivity contribution is 0.123. The molecular formula is C19H28ClNO5S. The van der Waals surface area contributed by atoms with Gasteiger partial charge in [-0.2, -0.15) is 8.42 Å². The van der Waals surface area contributed by atoms with Crippen molar-refractivity contribution in [1.82, 2.24) is 4.90 Å². The third kappa shape index (κ3) is 8.07. The van der Waals surface area contributed by atoms with Crippen molar-refractivity contribution in [1.29, 1.82) is 0 Å². The van der Waals surface area contributed by atoms with Gasteiger partial charge in [0.15, 0.2) is 0 Å². The Hall–Kier alpha value is -1.31. The molecule has 0 heterocycles. The zero-order valence-corrected chi connectivity index (χ0v) is 17.5. The van der Waals surface area contributed by atoms with Gasteiger partial charge in [0, 0.05) is 18.1 Å². The first-order chi connectivity index (χ1) is 12.7. The summed E-state index contributed by atoms with van der Waals surface area (Å²) in [5.74, 6) is 1.11. The molecule has 27 heavy (non-hydrogen) atoms. The first-order valence-electron chi connectivity index (χ1n) is 9.29. The lowest BCUT2D eigenvalue weighted by Gasteiger charge is -2.34. The fourth-order valence-electron chi connectivity index (χ4n) is 3.39.